The van der Waals surface area contributed by atoms with E-state index in [1.807, 2.05) is 0 Å². The lowest BCUT2D eigenvalue weighted by molar-refractivity contribution is -0.139. The summed E-state index contributed by atoms with van der Waals surface area (Å²) in [6.07, 6.45) is 0.270. The molecule has 1 aromatic carbocycles. The lowest BCUT2D eigenvalue weighted by atomic mass is 10.1. The second-order valence-corrected chi connectivity index (χ2v) is 3.02. The van der Waals surface area contributed by atoms with Crippen LogP contribution >= 0.6 is 0 Å². The lowest BCUT2D eigenvalue weighted by Gasteiger charge is -2.10. The van der Waals surface area contributed by atoms with Gasteiger partial charge in [-0.05, 0) is 12.1 Å². The molecule has 0 spiro atoms. The van der Waals surface area contributed by atoms with Gasteiger partial charge >= 0.3 is 5.97 Å². The van der Waals surface area contributed by atoms with E-state index in [1.54, 1.807) is 0 Å². The molecule has 0 unspecified atom stereocenters. The molecular formula is C11H11FO4. The van der Waals surface area contributed by atoms with Crippen molar-refractivity contribution in [3.8, 4) is 5.75 Å². The van der Waals surface area contributed by atoms with Crippen LogP contribution in [0.1, 0.15) is 15.9 Å². The number of benzene rings is 1. The van der Waals surface area contributed by atoms with Crippen LogP contribution in [0.4, 0.5) is 4.39 Å². The molecule has 86 valence electrons. The Morgan fingerprint density at radius 1 is 1.44 bits per heavy atom. The van der Waals surface area contributed by atoms with Crippen LogP contribution in [0.25, 0.3) is 0 Å². The molecule has 5 heteroatoms. The zero-order valence-electron chi connectivity index (χ0n) is 8.95. The molecule has 0 saturated heterocycles. The summed E-state index contributed by atoms with van der Waals surface area (Å²) in [5.74, 6) is -1.13. The molecule has 0 radical (unpaired) electrons. The summed E-state index contributed by atoms with van der Waals surface area (Å²) in [5.41, 5.74) is 0.224. The number of halogens is 1. The summed E-state index contributed by atoms with van der Waals surface area (Å²) in [6, 6.07) is 2.41. The van der Waals surface area contributed by atoms with Gasteiger partial charge in [-0.25, -0.2) is 4.39 Å². The Labute approximate surface area is 92.0 Å². The van der Waals surface area contributed by atoms with Crippen molar-refractivity contribution in [1.82, 2.24) is 0 Å². The Balaban J connectivity index is 3.23. The molecule has 0 aliphatic carbocycles. The van der Waals surface area contributed by atoms with E-state index in [0.717, 1.165) is 6.07 Å². The highest BCUT2D eigenvalue weighted by Crippen LogP contribution is 2.26. The van der Waals surface area contributed by atoms with Crippen molar-refractivity contribution in [2.24, 2.45) is 0 Å². The molecule has 0 bridgehead atoms. The van der Waals surface area contributed by atoms with Crippen LogP contribution in [0.5, 0.6) is 5.75 Å². The number of carbonyl (C=O) groups is 2. The third-order valence-corrected chi connectivity index (χ3v) is 2.11. The Morgan fingerprint density at radius 2 is 2.12 bits per heavy atom. The molecule has 0 aromatic heterocycles. The molecule has 16 heavy (non-hydrogen) atoms. The van der Waals surface area contributed by atoms with E-state index >= 15 is 0 Å². The first kappa shape index (κ1) is 12.2. The van der Waals surface area contributed by atoms with E-state index in [-0.39, 0.29) is 23.3 Å². The monoisotopic (exact) mass is 226 g/mol. The maximum atomic E-state index is 13.4. The summed E-state index contributed by atoms with van der Waals surface area (Å²) < 4.78 is 22.8. The molecule has 0 amide bonds. The number of hydrogen-bond acceptors (Lipinski definition) is 4. The van der Waals surface area contributed by atoms with Crippen LogP contribution < -0.4 is 4.74 Å². The van der Waals surface area contributed by atoms with Gasteiger partial charge in [0, 0.05) is 5.56 Å². The first-order valence-corrected chi connectivity index (χ1v) is 4.51. The molecule has 0 aliphatic heterocycles. The zero-order valence-corrected chi connectivity index (χ0v) is 8.95. The van der Waals surface area contributed by atoms with Gasteiger partial charge in [0.2, 0.25) is 0 Å². The number of aldehydes is 1. The fourth-order valence-corrected chi connectivity index (χ4v) is 1.34. The van der Waals surface area contributed by atoms with Crippen LogP contribution in [-0.4, -0.2) is 26.5 Å². The summed E-state index contributed by atoms with van der Waals surface area (Å²) >= 11 is 0. The van der Waals surface area contributed by atoms with E-state index in [2.05, 4.69) is 4.74 Å². The smallest absolute Gasteiger partial charge is 0.310 e. The summed E-state index contributed by atoms with van der Waals surface area (Å²) in [5, 5.41) is 0. The maximum Gasteiger partial charge on any atom is 0.310 e. The van der Waals surface area contributed by atoms with Gasteiger partial charge in [0.15, 0.2) is 6.29 Å². The molecule has 1 rings (SSSR count). The molecule has 0 fully saturated rings. The van der Waals surface area contributed by atoms with E-state index < -0.39 is 11.8 Å². The average molecular weight is 226 g/mol. The molecule has 4 nitrogen and oxygen atoms in total. The summed E-state index contributed by atoms with van der Waals surface area (Å²) in [6.45, 7) is 0. The minimum atomic E-state index is -0.604. The van der Waals surface area contributed by atoms with E-state index in [0.29, 0.717) is 6.29 Å². The molecule has 1 aromatic rings. The third-order valence-electron chi connectivity index (χ3n) is 2.11. The Bertz CT molecular complexity index is 415. The van der Waals surface area contributed by atoms with Crippen LogP contribution in [0.2, 0.25) is 0 Å². The second kappa shape index (κ2) is 5.25. The summed E-state index contributed by atoms with van der Waals surface area (Å²) in [7, 11) is 2.51. The van der Waals surface area contributed by atoms with Gasteiger partial charge in [0.1, 0.15) is 11.6 Å². The van der Waals surface area contributed by atoms with Crippen molar-refractivity contribution in [2.75, 3.05) is 14.2 Å². The minimum absolute atomic E-state index is 0.0268. The average Bonchev–Trinajstić information content (AvgIpc) is 2.31. The van der Waals surface area contributed by atoms with Crippen LogP contribution in [0, 0.1) is 5.82 Å². The normalized spacial score (nSPS) is 9.69. The van der Waals surface area contributed by atoms with E-state index in [1.165, 1.54) is 20.3 Å². The standard InChI is InChI=1S/C11H11FO4/c1-15-10(14)5-8-9(12)4-3-7(6-13)11(8)16-2/h3-4,6H,5H2,1-2H3. The number of carbonyl (C=O) groups excluding carboxylic acids is 2. The van der Waals surface area contributed by atoms with Gasteiger partial charge in [0.05, 0.1) is 26.2 Å². The van der Waals surface area contributed by atoms with Gasteiger partial charge in [-0.1, -0.05) is 0 Å². The van der Waals surface area contributed by atoms with Gasteiger partial charge in [-0.2, -0.15) is 0 Å². The highest BCUT2D eigenvalue weighted by molar-refractivity contribution is 5.82. The first-order valence-electron chi connectivity index (χ1n) is 4.51. The van der Waals surface area contributed by atoms with Gasteiger partial charge < -0.3 is 9.47 Å². The highest BCUT2D eigenvalue weighted by atomic mass is 19.1. The molecule has 0 heterocycles. The predicted octanol–water partition coefficient (Wildman–Crippen LogP) is 1.36. The molecule has 0 N–H and O–H groups in total. The van der Waals surface area contributed by atoms with Crippen LogP contribution in [0.15, 0.2) is 12.1 Å². The quantitative estimate of drug-likeness (QED) is 0.574. The first-order chi connectivity index (χ1) is 7.63. The fourth-order valence-electron chi connectivity index (χ4n) is 1.34. The third kappa shape index (κ3) is 2.36. The molecule has 0 aliphatic rings. The van der Waals surface area contributed by atoms with E-state index in [9.17, 15) is 14.0 Å². The van der Waals surface area contributed by atoms with Crippen molar-refractivity contribution in [3.05, 3.63) is 29.1 Å². The SMILES string of the molecule is COC(=O)Cc1c(F)ccc(C=O)c1OC. The van der Waals surface area contributed by atoms with Crippen molar-refractivity contribution >= 4 is 12.3 Å². The van der Waals surface area contributed by atoms with Gasteiger partial charge in [-0.15, -0.1) is 0 Å². The van der Waals surface area contributed by atoms with Crippen molar-refractivity contribution in [3.63, 3.8) is 0 Å². The highest BCUT2D eigenvalue weighted by Gasteiger charge is 2.17. The topological polar surface area (TPSA) is 52.6 Å². The summed E-state index contributed by atoms with van der Waals surface area (Å²) in [4.78, 5) is 21.8. The number of esters is 1. The predicted molar refractivity (Wildman–Crippen MR) is 54.1 cm³/mol. The zero-order chi connectivity index (χ0) is 12.1. The van der Waals surface area contributed by atoms with Gasteiger partial charge in [-0.3, -0.25) is 9.59 Å². The van der Waals surface area contributed by atoms with E-state index in [4.69, 9.17) is 4.74 Å². The maximum absolute atomic E-state index is 13.4. The lowest BCUT2D eigenvalue weighted by Crippen LogP contribution is -2.09. The molecule has 0 atom stereocenters. The fraction of sp³-hybridized carbons (Fsp3) is 0.273. The van der Waals surface area contributed by atoms with Crippen molar-refractivity contribution in [2.45, 2.75) is 6.42 Å². The molecular weight excluding hydrogens is 215 g/mol. The largest absolute Gasteiger partial charge is 0.496 e. The van der Waals surface area contributed by atoms with Crippen molar-refractivity contribution in [1.29, 1.82) is 0 Å². The van der Waals surface area contributed by atoms with Crippen LogP contribution in [-0.2, 0) is 16.0 Å². The number of methoxy groups -OCH3 is 2. The molecule has 0 saturated carbocycles. The Morgan fingerprint density at radius 3 is 2.62 bits per heavy atom. The second-order valence-electron chi connectivity index (χ2n) is 3.02. The number of hydrogen-bond donors (Lipinski definition) is 0. The number of ether oxygens (including phenoxy) is 2. The van der Waals surface area contributed by atoms with Gasteiger partial charge in [0.25, 0.3) is 0 Å². The number of rotatable bonds is 4. The minimum Gasteiger partial charge on any atom is -0.496 e. The Kier molecular flexibility index (Phi) is 3.99. The van der Waals surface area contributed by atoms with Crippen molar-refractivity contribution < 1.29 is 23.5 Å². The van der Waals surface area contributed by atoms with Crippen LogP contribution in [0.3, 0.4) is 0 Å². The Hall–Kier alpha value is -1.91.